The Kier molecular flexibility index (Phi) is 11.2. The highest BCUT2D eigenvalue weighted by atomic mass is 16.5. The summed E-state index contributed by atoms with van der Waals surface area (Å²) in [4.78, 5) is 57.6. The standard InChI is InChI=1S/C46H40N4O6/c1-55-37-25-33-23-34(26-37)44(52)48-40(30-17-9-4-10-18-30)42(32-21-13-6-14-22-32)50-46(54)36-24-35(27-38(28-36)56-2)45(53)49-41(31-19-11-5-12-20-31)39(47-43(33)51)29-15-7-3-8-16-29/h3-28,39-42H,1-2H3,(H,47,51)(H,48,52)(H,49,53)(H,50,54)/t39-,40?,41?,42-/m0/s1. The summed E-state index contributed by atoms with van der Waals surface area (Å²) >= 11 is 0. The fourth-order valence-corrected chi connectivity index (χ4v) is 6.93. The Morgan fingerprint density at radius 2 is 0.554 bits per heavy atom. The third-order valence-electron chi connectivity index (χ3n) is 9.78. The molecule has 4 atom stereocenters. The van der Waals surface area contributed by atoms with Gasteiger partial charge in [-0.15, -0.1) is 0 Å². The largest absolute Gasteiger partial charge is 0.497 e. The lowest BCUT2D eigenvalue weighted by Gasteiger charge is -2.31. The summed E-state index contributed by atoms with van der Waals surface area (Å²) in [5, 5.41) is 12.6. The number of benzene rings is 6. The summed E-state index contributed by atoms with van der Waals surface area (Å²) in [5.41, 5.74) is 3.52. The molecule has 0 fully saturated rings. The van der Waals surface area contributed by atoms with Crippen LogP contribution < -0.4 is 30.7 Å². The van der Waals surface area contributed by atoms with E-state index in [0.29, 0.717) is 22.3 Å². The van der Waals surface area contributed by atoms with E-state index in [1.165, 1.54) is 26.4 Å². The van der Waals surface area contributed by atoms with Crippen LogP contribution in [0, 0.1) is 0 Å². The van der Waals surface area contributed by atoms with Crippen molar-refractivity contribution in [2.75, 3.05) is 14.2 Å². The number of amides is 4. The number of rotatable bonds is 6. The average Bonchev–Trinajstić information content (AvgIpc) is 3.26. The lowest BCUT2D eigenvalue weighted by atomic mass is 9.91. The Labute approximate surface area is 324 Å². The zero-order chi connectivity index (χ0) is 39.0. The van der Waals surface area contributed by atoms with Gasteiger partial charge in [0.15, 0.2) is 0 Å². The minimum Gasteiger partial charge on any atom is -0.497 e. The van der Waals surface area contributed by atoms with Crippen molar-refractivity contribution in [3.63, 3.8) is 0 Å². The van der Waals surface area contributed by atoms with E-state index >= 15 is 0 Å². The average molecular weight is 745 g/mol. The van der Waals surface area contributed by atoms with Gasteiger partial charge in [0.25, 0.3) is 23.6 Å². The van der Waals surface area contributed by atoms with Gasteiger partial charge in [0.1, 0.15) is 11.5 Å². The van der Waals surface area contributed by atoms with E-state index in [-0.39, 0.29) is 33.8 Å². The van der Waals surface area contributed by atoms with Gasteiger partial charge in [-0.3, -0.25) is 19.2 Å². The molecule has 6 aromatic rings. The Balaban J connectivity index is 1.42. The van der Waals surface area contributed by atoms with E-state index in [1.54, 1.807) is 24.3 Å². The van der Waals surface area contributed by atoms with Crippen LogP contribution in [0.25, 0.3) is 0 Å². The van der Waals surface area contributed by atoms with Crippen molar-refractivity contribution in [1.29, 1.82) is 0 Å². The molecular formula is C46H40N4O6. The number of fused-ring (bicyclic) bond motifs is 4. The molecule has 1 heterocycles. The van der Waals surface area contributed by atoms with Gasteiger partial charge in [0.2, 0.25) is 0 Å². The first kappa shape index (κ1) is 37.1. The van der Waals surface area contributed by atoms with Gasteiger partial charge in [0, 0.05) is 22.3 Å². The molecule has 1 aliphatic rings. The van der Waals surface area contributed by atoms with Gasteiger partial charge in [-0.25, -0.2) is 0 Å². The molecule has 10 nitrogen and oxygen atoms in total. The fraction of sp³-hybridized carbons (Fsp3) is 0.130. The number of ether oxygens (including phenoxy) is 2. The summed E-state index contributed by atoms with van der Waals surface area (Å²) in [6, 6.07) is 43.3. The SMILES string of the molecule is COc1cc2cc(c1)C(=O)N[C@@H](c1ccccc1)C(c1ccccc1)NC(=O)c1cc(OC)cc(c1)C(=O)N[C@@H](c1ccccc1)C(c1ccccc1)NC2=O. The molecule has 4 amide bonds. The van der Waals surface area contributed by atoms with Gasteiger partial charge in [-0.1, -0.05) is 121 Å². The van der Waals surface area contributed by atoms with E-state index in [1.807, 2.05) is 121 Å². The highest BCUT2D eigenvalue weighted by molar-refractivity contribution is 6.02. The van der Waals surface area contributed by atoms with Crippen LogP contribution >= 0.6 is 0 Å². The third kappa shape index (κ3) is 8.29. The summed E-state index contributed by atoms with van der Waals surface area (Å²) < 4.78 is 11.2. The van der Waals surface area contributed by atoms with Crippen LogP contribution in [0.2, 0.25) is 0 Å². The van der Waals surface area contributed by atoms with Crippen LogP contribution in [0.3, 0.4) is 0 Å². The van der Waals surface area contributed by atoms with E-state index < -0.39 is 47.8 Å². The maximum atomic E-state index is 14.4. The minimum atomic E-state index is -0.792. The molecule has 280 valence electrons. The molecule has 6 aromatic carbocycles. The second-order valence-electron chi connectivity index (χ2n) is 13.3. The first-order valence-corrected chi connectivity index (χ1v) is 18.1. The maximum absolute atomic E-state index is 14.4. The smallest absolute Gasteiger partial charge is 0.252 e. The first-order chi connectivity index (χ1) is 27.3. The molecule has 0 saturated carbocycles. The third-order valence-corrected chi connectivity index (χ3v) is 9.78. The van der Waals surface area contributed by atoms with E-state index in [2.05, 4.69) is 21.3 Å². The quantitative estimate of drug-likeness (QED) is 0.141. The molecular weight excluding hydrogens is 705 g/mol. The second-order valence-corrected chi connectivity index (χ2v) is 13.3. The predicted molar refractivity (Wildman–Crippen MR) is 213 cm³/mol. The van der Waals surface area contributed by atoms with Gasteiger partial charge < -0.3 is 30.7 Å². The lowest BCUT2D eigenvalue weighted by molar-refractivity contribution is 0.0873. The number of nitrogens with one attached hydrogen (secondary N) is 4. The van der Waals surface area contributed by atoms with E-state index in [0.717, 1.165) is 0 Å². The van der Waals surface area contributed by atoms with Crippen LogP contribution in [0.4, 0.5) is 0 Å². The van der Waals surface area contributed by atoms with Crippen LogP contribution in [-0.2, 0) is 0 Å². The van der Waals surface area contributed by atoms with Crippen molar-refractivity contribution in [2.24, 2.45) is 0 Å². The number of hydrogen-bond donors (Lipinski definition) is 4. The van der Waals surface area contributed by atoms with Crippen LogP contribution in [0.5, 0.6) is 11.5 Å². The molecule has 2 unspecified atom stereocenters. The Bertz CT molecular complexity index is 2020. The van der Waals surface area contributed by atoms with Crippen molar-refractivity contribution in [3.05, 3.63) is 202 Å². The Morgan fingerprint density at radius 1 is 0.339 bits per heavy atom. The van der Waals surface area contributed by atoms with Crippen molar-refractivity contribution in [3.8, 4) is 11.5 Å². The van der Waals surface area contributed by atoms with Crippen molar-refractivity contribution in [2.45, 2.75) is 24.2 Å². The highest BCUT2D eigenvalue weighted by Gasteiger charge is 2.32. The van der Waals surface area contributed by atoms with Gasteiger partial charge in [0.05, 0.1) is 38.4 Å². The summed E-state index contributed by atoms with van der Waals surface area (Å²) in [6.07, 6.45) is 0. The van der Waals surface area contributed by atoms with Crippen molar-refractivity contribution >= 4 is 23.6 Å². The van der Waals surface area contributed by atoms with Crippen molar-refractivity contribution < 1.29 is 28.7 Å². The zero-order valence-corrected chi connectivity index (χ0v) is 30.8. The molecule has 0 saturated heterocycles. The molecule has 10 heteroatoms. The van der Waals surface area contributed by atoms with Gasteiger partial charge in [-0.2, -0.15) is 0 Å². The van der Waals surface area contributed by atoms with Crippen LogP contribution in [0.15, 0.2) is 158 Å². The number of carbonyl (C=O) groups excluding carboxylic acids is 4. The molecule has 4 bridgehead atoms. The predicted octanol–water partition coefficient (Wildman–Crippen LogP) is 7.30. The molecule has 0 aliphatic carbocycles. The topological polar surface area (TPSA) is 135 Å². The fourth-order valence-electron chi connectivity index (χ4n) is 6.93. The minimum absolute atomic E-state index is 0.163. The van der Waals surface area contributed by atoms with Crippen LogP contribution in [-0.4, -0.2) is 37.8 Å². The lowest BCUT2D eigenvalue weighted by Crippen LogP contribution is -2.42. The highest BCUT2D eigenvalue weighted by Crippen LogP contribution is 2.33. The summed E-state index contributed by atoms with van der Waals surface area (Å²) in [7, 11) is 2.92. The molecule has 1 aliphatic heterocycles. The molecule has 4 N–H and O–H groups in total. The maximum Gasteiger partial charge on any atom is 0.252 e. The van der Waals surface area contributed by atoms with Crippen molar-refractivity contribution in [1.82, 2.24) is 21.3 Å². The van der Waals surface area contributed by atoms with Gasteiger partial charge in [-0.05, 0) is 58.7 Å². The zero-order valence-electron chi connectivity index (χ0n) is 30.8. The first-order valence-electron chi connectivity index (χ1n) is 18.1. The summed E-state index contributed by atoms with van der Waals surface area (Å²) in [5.74, 6) is -1.42. The molecule has 7 rings (SSSR count). The normalized spacial score (nSPS) is 18.9. The number of carbonyl (C=O) groups is 4. The number of methoxy groups -OCH3 is 2. The molecule has 0 radical (unpaired) electrons. The summed E-state index contributed by atoms with van der Waals surface area (Å²) in [6.45, 7) is 0. The number of hydrogen-bond acceptors (Lipinski definition) is 6. The van der Waals surface area contributed by atoms with Gasteiger partial charge >= 0.3 is 0 Å². The van der Waals surface area contributed by atoms with E-state index in [9.17, 15) is 19.2 Å². The second kappa shape index (κ2) is 16.9. The van der Waals surface area contributed by atoms with Crippen LogP contribution in [0.1, 0.15) is 87.9 Å². The monoisotopic (exact) mass is 744 g/mol. The Hall–Kier alpha value is -7.20. The molecule has 0 aromatic heterocycles. The Morgan fingerprint density at radius 3 is 0.750 bits per heavy atom. The molecule has 0 spiro atoms. The van der Waals surface area contributed by atoms with E-state index in [4.69, 9.17) is 9.47 Å². The molecule has 56 heavy (non-hydrogen) atoms.